The Hall–Kier alpha value is -1.53. The van der Waals surface area contributed by atoms with Gasteiger partial charge < -0.3 is 5.11 Å². The van der Waals surface area contributed by atoms with E-state index in [1.807, 2.05) is 13.0 Å². The summed E-state index contributed by atoms with van der Waals surface area (Å²) in [5.74, 6) is -2.15. The maximum Gasteiger partial charge on any atom is 0.321 e. The Balaban J connectivity index is 2.95. The number of hydrogen-bond donors (Lipinski definition) is 1. The number of nitrogens with zero attached hydrogens (tertiary/aromatic N) is 1. The standard InChI is InChI=1S/C11H10ClNO2/c1-7-3-2-4-8(10(7)12)5-9(6-13)11(14)15/h2-4,9H,5H2,1H3,(H,14,15). The third-order valence-corrected chi connectivity index (χ3v) is 2.69. The first-order valence-electron chi connectivity index (χ1n) is 4.42. The quantitative estimate of drug-likeness (QED) is 0.856. The van der Waals surface area contributed by atoms with E-state index in [4.69, 9.17) is 22.0 Å². The molecule has 0 bridgehead atoms. The van der Waals surface area contributed by atoms with E-state index >= 15 is 0 Å². The van der Waals surface area contributed by atoms with E-state index in [2.05, 4.69) is 0 Å². The van der Waals surface area contributed by atoms with Gasteiger partial charge in [0.15, 0.2) is 0 Å². The Bertz CT molecular complexity index is 423. The topological polar surface area (TPSA) is 61.1 Å². The summed E-state index contributed by atoms with van der Waals surface area (Å²) in [6.45, 7) is 1.84. The molecule has 1 rings (SSSR count). The van der Waals surface area contributed by atoms with E-state index in [1.54, 1.807) is 18.2 Å². The van der Waals surface area contributed by atoms with Crippen LogP contribution in [0.2, 0.25) is 5.02 Å². The summed E-state index contributed by atoms with van der Waals surface area (Å²) in [4.78, 5) is 10.7. The van der Waals surface area contributed by atoms with Crippen molar-refractivity contribution in [3.05, 3.63) is 34.3 Å². The Kier molecular flexibility index (Phi) is 3.70. The summed E-state index contributed by atoms with van der Waals surface area (Å²) < 4.78 is 0. The minimum atomic E-state index is -1.12. The van der Waals surface area contributed by atoms with Crippen molar-refractivity contribution >= 4 is 17.6 Å². The lowest BCUT2D eigenvalue weighted by atomic mass is 9.99. The summed E-state index contributed by atoms with van der Waals surface area (Å²) in [6.07, 6.45) is 0.145. The smallest absolute Gasteiger partial charge is 0.321 e. The van der Waals surface area contributed by atoms with Crippen LogP contribution < -0.4 is 0 Å². The van der Waals surface area contributed by atoms with Gasteiger partial charge in [0.1, 0.15) is 5.92 Å². The van der Waals surface area contributed by atoms with Crippen molar-refractivity contribution in [3.8, 4) is 6.07 Å². The second-order valence-corrected chi connectivity index (χ2v) is 3.65. The van der Waals surface area contributed by atoms with E-state index in [0.717, 1.165) is 5.56 Å². The van der Waals surface area contributed by atoms with Gasteiger partial charge in [-0.05, 0) is 18.1 Å². The zero-order valence-electron chi connectivity index (χ0n) is 8.20. The number of aryl methyl sites for hydroxylation is 1. The number of carbonyl (C=O) groups is 1. The average molecular weight is 224 g/mol. The van der Waals surface area contributed by atoms with Gasteiger partial charge in [-0.15, -0.1) is 0 Å². The van der Waals surface area contributed by atoms with Crippen LogP contribution in [-0.2, 0) is 11.2 Å². The lowest BCUT2D eigenvalue weighted by Crippen LogP contribution is -2.14. The highest BCUT2D eigenvalue weighted by atomic mass is 35.5. The molecule has 4 heteroatoms. The molecule has 1 aromatic carbocycles. The van der Waals surface area contributed by atoms with Gasteiger partial charge in [-0.3, -0.25) is 4.79 Å². The first-order chi connectivity index (χ1) is 7.06. The zero-order chi connectivity index (χ0) is 11.4. The molecular formula is C11H10ClNO2. The zero-order valence-corrected chi connectivity index (χ0v) is 8.95. The molecule has 1 atom stereocenters. The van der Waals surface area contributed by atoms with Crippen LogP contribution in [-0.4, -0.2) is 11.1 Å². The molecular weight excluding hydrogens is 214 g/mol. The first-order valence-corrected chi connectivity index (χ1v) is 4.80. The number of hydrogen-bond acceptors (Lipinski definition) is 2. The van der Waals surface area contributed by atoms with Gasteiger partial charge in [-0.25, -0.2) is 0 Å². The van der Waals surface area contributed by atoms with Crippen LogP contribution in [0.1, 0.15) is 11.1 Å². The van der Waals surface area contributed by atoms with E-state index < -0.39 is 11.9 Å². The summed E-state index contributed by atoms with van der Waals surface area (Å²) in [7, 11) is 0. The fraction of sp³-hybridized carbons (Fsp3) is 0.273. The minimum absolute atomic E-state index is 0.145. The van der Waals surface area contributed by atoms with E-state index in [1.165, 1.54) is 0 Å². The Labute approximate surface area is 92.9 Å². The van der Waals surface area contributed by atoms with Crippen LogP contribution in [0.25, 0.3) is 0 Å². The number of carboxylic acid groups (broad SMARTS) is 1. The van der Waals surface area contributed by atoms with Crippen molar-refractivity contribution < 1.29 is 9.90 Å². The predicted octanol–water partition coefficient (Wildman–Crippen LogP) is 2.42. The van der Waals surface area contributed by atoms with Crippen LogP contribution >= 0.6 is 11.6 Å². The SMILES string of the molecule is Cc1cccc(CC(C#N)C(=O)O)c1Cl. The lowest BCUT2D eigenvalue weighted by molar-refractivity contribution is -0.139. The fourth-order valence-corrected chi connectivity index (χ4v) is 1.48. The third-order valence-electron chi connectivity index (χ3n) is 2.15. The molecule has 78 valence electrons. The van der Waals surface area contributed by atoms with Crippen molar-refractivity contribution in [1.29, 1.82) is 5.26 Å². The van der Waals surface area contributed by atoms with Crippen molar-refractivity contribution in [2.24, 2.45) is 5.92 Å². The maximum absolute atomic E-state index is 10.7. The summed E-state index contributed by atoms with van der Waals surface area (Å²) in [6, 6.07) is 7.12. The van der Waals surface area contributed by atoms with Gasteiger partial charge in [0.05, 0.1) is 6.07 Å². The lowest BCUT2D eigenvalue weighted by Gasteiger charge is -2.07. The molecule has 15 heavy (non-hydrogen) atoms. The number of nitriles is 1. The third kappa shape index (κ3) is 2.71. The van der Waals surface area contributed by atoms with Crippen molar-refractivity contribution in [2.45, 2.75) is 13.3 Å². The second kappa shape index (κ2) is 4.81. The second-order valence-electron chi connectivity index (χ2n) is 3.27. The van der Waals surface area contributed by atoms with Crippen molar-refractivity contribution in [1.82, 2.24) is 0 Å². The van der Waals surface area contributed by atoms with Gasteiger partial charge in [-0.2, -0.15) is 5.26 Å². The van der Waals surface area contributed by atoms with Crippen LogP contribution in [0.5, 0.6) is 0 Å². The molecule has 1 unspecified atom stereocenters. The van der Waals surface area contributed by atoms with Gasteiger partial charge >= 0.3 is 5.97 Å². The molecule has 1 aromatic rings. The fourth-order valence-electron chi connectivity index (χ4n) is 1.27. The molecule has 0 saturated heterocycles. The molecule has 0 heterocycles. The summed E-state index contributed by atoms with van der Waals surface area (Å²) in [5, 5.41) is 17.9. The molecule has 0 radical (unpaired) electrons. The van der Waals surface area contributed by atoms with Crippen LogP contribution in [0, 0.1) is 24.2 Å². The molecule has 1 N–H and O–H groups in total. The molecule has 0 fully saturated rings. The number of carboxylic acids is 1. The number of rotatable bonds is 3. The molecule has 0 aliphatic rings. The monoisotopic (exact) mass is 223 g/mol. The number of halogens is 1. The predicted molar refractivity (Wildman–Crippen MR) is 56.6 cm³/mol. The maximum atomic E-state index is 10.7. The summed E-state index contributed by atoms with van der Waals surface area (Å²) in [5.41, 5.74) is 1.59. The molecule has 0 spiro atoms. The highest BCUT2D eigenvalue weighted by molar-refractivity contribution is 6.32. The Morgan fingerprint density at radius 1 is 1.67 bits per heavy atom. The minimum Gasteiger partial charge on any atom is -0.480 e. The molecule has 3 nitrogen and oxygen atoms in total. The van der Waals surface area contributed by atoms with Gasteiger partial charge in [-0.1, -0.05) is 29.8 Å². The summed E-state index contributed by atoms with van der Waals surface area (Å²) >= 11 is 6.00. The van der Waals surface area contributed by atoms with E-state index in [9.17, 15) is 4.79 Å². The molecule has 0 amide bonds. The molecule has 0 aromatic heterocycles. The highest BCUT2D eigenvalue weighted by Crippen LogP contribution is 2.22. The average Bonchev–Trinajstić information content (AvgIpc) is 2.19. The van der Waals surface area contributed by atoms with Gasteiger partial charge in [0.2, 0.25) is 0 Å². The Morgan fingerprint density at radius 2 is 2.33 bits per heavy atom. The largest absolute Gasteiger partial charge is 0.480 e. The number of benzene rings is 1. The van der Waals surface area contributed by atoms with Crippen LogP contribution in [0.4, 0.5) is 0 Å². The molecule has 0 aliphatic heterocycles. The number of aliphatic carboxylic acids is 1. The van der Waals surface area contributed by atoms with Crippen molar-refractivity contribution in [3.63, 3.8) is 0 Å². The highest BCUT2D eigenvalue weighted by Gasteiger charge is 2.18. The van der Waals surface area contributed by atoms with E-state index in [-0.39, 0.29) is 6.42 Å². The molecule has 0 aliphatic carbocycles. The van der Waals surface area contributed by atoms with Gasteiger partial charge in [0, 0.05) is 11.4 Å². The first kappa shape index (κ1) is 11.5. The van der Waals surface area contributed by atoms with Crippen LogP contribution in [0.3, 0.4) is 0 Å². The van der Waals surface area contributed by atoms with E-state index in [0.29, 0.717) is 10.6 Å². The Morgan fingerprint density at radius 3 is 2.87 bits per heavy atom. The molecule has 0 saturated carbocycles. The van der Waals surface area contributed by atoms with Gasteiger partial charge in [0.25, 0.3) is 0 Å². The normalized spacial score (nSPS) is 11.8. The van der Waals surface area contributed by atoms with Crippen LogP contribution in [0.15, 0.2) is 18.2 Å². The van der Waals surface area contributed by atoms with Crippen molar-refractivity contribution in [2.75, 3.05) is 0 Å².